The Bertz CT molecular complexity index is 804. The molecule has 0 saturated heterocycles. The van der Waals surface area contributed by atoms with Crippen molar-refractivity contribution in [2.24, 2.45) is 0 Å². The van der Waals surface area contributed by atoms with Gasteiger partial charge < -0.3 is 15.4 Å². The van der Waals surface area contributed by atoms with E-state index in [1.807, 2.05) is 0 Å². The predicted octanol–water partition coefficient (Wildman–Crippen LogP) is 3.03. The van der Waals surface area contributed by atoms with E-state index in [9.17, 15) is 14.0 Å². The van der Waals surface area contributed by atoms with Gasteiger partial charge in [0.25, 0.3) is 0 Å². The Hall–Kier alpha value is -2.89. The highest BCUT2D eigenvalue weighted by molar-refractivity contribution is 6.08. The number of hydrogen-bond donors (Lipinski definition) is 2. The SMILES string of the molecule is COC(=O)c1cc2c(c(-c3ccccc3F)c1)NC(C)C(=O)N2. The molecule has 2 aromatic carbocycles. The number of halogens is 1. The smallest absolute Gasteiger partial charge is 0.337 e. The number of carbonyl (C=O) groups excluding carboxylic acids is 2. The second kappa shape index (κ2) is 5.72. The van der Waals surface area contributed by atoms with Gasteiger partial charge in [-0.1, -0.05) is 18.2 Å². The molecular weight excluding hydrogens is 299 g/mol. The zero-order chi connectivity index (χ0) is 16.6. The lowest BCUT2D eigenvalue weighted by atomic mass is 9.97. The number of amides is 1. The molecule has 3 rings (SSSR count). The van der Waals surface area contributed by atoms with E-state index >= 15 is 0 Å². The van der Waals surface area contributed by atoms with E-state index in [-0.39, 0.29) is 11.5 Å². The fourth-order valence-corrected chi connectivity index (χ4v) is 2.55. The second-order valence-corrected chi connectivity index (χ2v) is 5.27. The molecule has 0 aromatic heterocycles. The van der Waals surface area contributed by atoms with Crippen LogP contribution in [0.25, 0.3) is 11.1 Å². The van der Waals surface area contributed by atoms with Crippen LogP contribution in [0.4, 0.5) is 15.8 Å². The van der Waals surface area contributed by atoms with Crippen LogP contribution in [-0.2, 0) is 9.53 Å². The maximum Gasteiger partial charge on any atom is 0.337 e. The van der Waals surface area contributed by atoms with Gasteiger partial charge in [-0.15, -0.1) is 0 Å². The van der Waals surface area contributed by atoms with Crippen LogP contribution in [0.15, 0.2) is 36.4 Å². The quantitative estimate of drug-likeness (QED) is 0.836. The van der Waals surface area contributed by atoms with Crippen LogP contribution in [-0.4, -0.2) is 25.0 Å². The summed E-state index contributed by atoms with van der Waals surface area (Å²) < 4.78 is 18.9. The van der Waals surface area contributed by atoms with Gasteiger partial charge in [-0.05, 0) is 25.1 Å². The third-order valence-electron chi connectivity index (χ3n) is 3.74. The molecule has 2 aromatic rings. The molecule has 1 heterocycles. The van der Waals surface area contributed by atoms with Crippen molar-refractivity contribution in [2.75, 3.05) is 17.7 Å². The summed E-state index contributed by atoms with van der Waals surface area (Å²) in [4.78, 5) is 23.7. The summed E-state index contributed by atoms with van der Waals surface area (Å²) in [6.45, 7) is 1.71. The molecule has 1 unspecified atom stereocenters. The van der Waals surface area contributed by atoms with Crippen molar-refractivity contribution in [1.29, 1.82) is 0 Å². The lowest BCUT2D eigenvalue weighted by molar-refractivity contribution is -0.116. The first-order valence-corrected chi connectivity index (χ1v) is 7.10. The molecule has 0 bridgehead atoms. The number of ether oxygens (including phenoxy) is 1. The number of nitrogens with one attached hydrogen (secondary N) is 2. The molecule has 1 atom stereocenters. The van der Waals surface area contributed by atoms with Crippen molar-refractivity contribution in [2.45, 2.75) is 13.0 Å². The number of anilines is 2. The third-order valence-corrected chi connectivity index (χ3v) is 3.74. The first-order valence-electron chi connectivity index (χ1n) is 7.10. The third kappa shape index (κ3) is 2.63. The summed E-state index contributed by atoms with van der Waals surface area (Å²) >= 11 is 0. The van der Waals surface area contributed by atoms with Crippen molar-refractivity contribution < 1.29 is 18.7 Å². The Morgan fingerprint density at radius 2 is 1.96 bits per heavy atom. The van der Waals surface area contributed by atoms with Crippen LogP contribution >= 0.6 is 0 Å². The first-order chi connectivity index (χ1) is 11.0. The normalized spacial score (nSPS) is 16.1. The number of carbonyl (C=O) groups is 2. The van der Waals surface area contributed by atoms with E-state index in [2.05, 4.69) is 10.6 Å². The molecular formula is C17H15FN2O3. The predicted molar refractivity (Wildman–Crippen MR) is 84.9 cm³/mol. The zero-order valence-electron chi connectivity index (χ0n) is 12.6. The van der Waals surface area contributed by atoms with Crippen LogP contribution in [0.1, 0.15) is 17.3 Å². The summed E-state index contributed by atoms with van der Waals surface area (Å²) in [7, 11) is 1.27. The highest BCUT2D eigenvalue weighted by atomic mass is 19.1. The van der Waals surface area contributed by atoms with Crippen LogP contribution in [0.5, 0.6) is 0 Å². The van der Waals surface area contributed by atoms with Gasteiger partial charge in [-0.3, -0.25) is 4.79 Å². The Morgan fingerprint density at radius 3 is 2.65 bits per heavy atom. The zero-order valence-corrected chi connectivity index (χ0v) is 12.6. The number of methoxy groups -OCH3 is 1. The number of esters is 1. The van der Waals surface area contributed by atoms with Crippen molar-refractivity contribution >= 4 is 23.3 Å². The minimum absolute atomic E-state index is 0.223. The van der Waals surface area contributed by atoms with Crippen molar-refractivity contribution in [3.05, 3.63) is 47.8 Å². The summed E-state index contributed by atoms with van der Waals surface area (Å²) in [5.41, 5.74) is 2.07. The summed E-state index contributed by atoms with van der Waals surface area (Å²) in [6, 6.07) is 8.87. The standard InChI is InChI=1S/C17H15FN2O3/c1-9-16(21)20-14-8-10(17(22)23-2)7-12(15(14)19-9)11-5-3-4-6-13(11)18/h3-9,19H,1-2H3,(H,20,21). The Balaban J connectivity index is 2.25. The lowest BCUT2D eigenvalue weighted by Gasteiger charge is -2.27. The fraction of sp³-hybridized carbons (Fsp3) is 0.176. The topological polar surface area (TPSA) is 67.4 Å². The van der Waals surface area contributed by atoms with Gasteiger partial charge in [0.05, 0.1) is 24.0 Å². The van der Waals surface area contributed by atoms with E-state index in [1.54, 1.807) is 31.2 Å². The minimum Gasteiger partial charge on any atom is -0.465 e. The van der Waals surface area contributed by atoms with Crippen molar-refractivity contribution in [3.63, 3.8) is 0 Å². The van der Waals surface area contributed by atoms with Gasteiger partial charge in [0.15, 0.2) is 0 Å². The average molecular weight is 314 g/mol. The Morgan fingerprint density at radius 1 is 1.22 bits per heavy atom. The molecule has 6 heteroatoms. The molecule has 118 valence electrons. The first kappa shape index (κ1) is 15.0. The molecule has 0 fully saturated rings. The van der Waals surface area contributed by atoms with Crippen molar-refractivity contribution in [3.8, 4) is 11.1 Å². The maximum absolute atomic E-state index is 14.2. The molecule has 2 N–H and O–H groups in total. The van der Waals surface area contributed by atoms with Crippen molar-refractivity contribution in [1.82, 2.24) is 0 Å². The average Bonchev–Trinajstić information content (AvgIpc) is 2.55. The summed E-state index contributed by atoms with van der Waals surface area (Å²) in [5, 5.41) is 5.78. The largest absolute Gasteiger partial charge is 0.465 e. The second-order valence-electron chi connectivity index (χ2n) is 5.27. The fourth-order valence-electron chi connectivity index (χ4n) is 2.55. The molecule has 0 saturated carbocycles. The highest BCUT2D eigenvalue weighted by Gasteiger charge is 2.26. The summed E-state index contributed by atoms with van der Waals surface area (Å²) in [5.74, 6) is -1.19. The highest BCUT2D eigenvalue weighted by Crippen LogP contribution is 2.39. The van der Waals surface area contributed by atoms with Gasteiger partial charge in [0.2, 0.25) is 5.91 Å². The van der Waals surface area contributed by atoms with Gasteiger partial charge in [0, 0.05) is 11.1 Å². The van der Waals surface area contributed by atoms with Gasteiger partial charge in [-0.2, -0.15) is 0 Å². The molecule has 0 spiro atoms. The molecule has 1 aliphatic heterocycles. The van der Waals surface area contributed by atoms with E-state index in [4.69, 9.17) is 4.74 Å². The van der Waals surface area contributed by atoms with Crippen LogP contribution < -0.4 is 10.6 Å². The number of hydrogen-bond acceptors (Lipinski definition) is 4. The molecule has 1 aliphatic rings. The molecule has 5 nitrogen and oxygen atoms in total. The minimum atomic E-state index is -0.557. The van der Waals surface area contributed by atoms with Crippen LogP contribution in [0.2, 0.25) is 0 Å². The Labute approximate surface area is 132 Å². The molecule has 1 amide bonds. The Kier molecular flexibility index (Phi) is 3.73. The van der Waals surface area contributed by atoms with E-state index in [1.165, 1.54) is 19.2 Å². The lowest BCUT2D eigenvalue weighted by Crippen LogP contribution is -2.36. The number of fused-ring (bicyclic) bond motifs is 1. The van der Waals surface area contributed by atoms with Gasteiger partial charge in [0.1, 0.15) is 11.9 Å². The molecule has 23 heavy (non-hydrogen) atoms. The molecule has 0 aliphatic carbocycles. The number of benzene rings is 2. The molecule has 0 radical (unpaired) electrons. The van der Waals surface area contributed by atoms with Gasteiger partial charge in [-0.25, -0.2) is 9.18 Å². The monoisotopic (exact) mass is 314 g/mol. The van der Waals surface area contributed by atoms with Gasteiger partial charge >= 0.3 is 5.97 Å². The van der Waals surface area contributed by atoms with Crippen LogP contribution in [0.3, 0.4) is 0 Å². The van der Waals surface area contributed by atoms with E-state index in [0.29, 0.717) is 22.5 Å². The number of rotatable bonds is 2. The summed E-state index contributed by atoms with van der Waals surface area (Å²) in [6.07, 6.45) is 0. The van der Waals surface area contributed by atoms with Crippen LogP contribution in [0, 0.1) is 5.82 Å². The maximum atomic E-state index is 14.2. The van der Waals surface area contributed by atoms with E-state index < -0.39 is 17.8 Å². The van der Waals surface area contributed by atoms with E-state index in [0.717, 1.165) is 0 Å².